The summed E-state index contributed by atoms with van der Waals surface area (Å²) in [5.74, 6) is 0.872. The quantitative estimate of drug-likeness (QED) is 0.877. The van der Waals surface area contributed by atoms with Gasteiger partial charge in [0.25, 0.3) is 0 Å². The van der Waals surface area contributed by atoms with Gasteiger partial charge in [0, 0.05) is 24.8 Å². The number of anilines is 1. The molecule has 1 saturated heterocycles. The van der Waals surface area contributed by atoms with Crippen LogP contribution in [0.1, 0.15) is 51.1 Å². The van der Waals surface area contributed by atoms with Gasteiger partial charge in [-0.3, -0.25) is 0 Å². The standard InChI is InChI=1S/C16H26N2/c1-3-13-6-5-11-18(12-13)15-9-7-14(8-10-15)16(17)4-2/h7-10,13,16H,3-6,11-12,17H2,1-2H3/t13?,16-/m0/s1. The third kappa shape index (κ3) is 3.05. The van der Waals surface area contributed by atoms with Crippen molar-refractivity contribution >= 4 is 5.69 Å². The Bertz CT molecular complexity index is 358. The predicted octanol–water partition coefficient (Wildman–Crippen LogP) is 3.72. The second kappa shape index (κ2) is 6.24. The van der Waals surface area contributed by atoms with E-state index >= 15 is 0 Å². The summed E-state index contributed by atoms with van der Waals surface area (Å²) in [4.78, 5) is 2.53. The van der Waals surface area contributed by atoms with Crippen LogP contribution in [0.25, 0.3) is 0 Å². The van der Waals surface area contributed by atoms with Crippen molar-refractivity contribution in [1.82, 2.24) is 0 Å². The number of hydrogen-bond acceptors (Lipinski definition) is 2. The van der Waals surface area contributed by atoms with Crippen LogP contribution in [-0.2, 0) is 0 Å². The fraction of sp³-hybridized carbons (Fsp3) is 0.625. The minimum atomic E-state index is 0.184. The van der Waals surface area contributed by atoms with Crippen LogP contribution in [0.5, 0.6) is 0 Å². The fourth-order valence-corrected chi connectivity index (χ4v) is 2.80. The molecule has 18 heavy (non-hydrogen) atoms. The molecule has 2 rings (SSSR count). The lowest BCUT2D eigenvalue weighted by Gasteiger charge is -2.34. The lowest BCUT2D eigenvalue weighted by molar-refractivity contribution is 0.404. The molecule has 1 aliphatic heterocycles. The number of hydrogen-bond donors (Lipinski definition) is 1. The van der Waals surface area contributed by atoms with E-state index in [0.29, 0.717) is 0 Å². The van der Waals surface area contributed by atoms with Crippen LogP contribution in [0, 0.1) is 5.92 Å². The van der Waals surface area contributed by atoms with Gasteiger partial charge in [0.05, 0.1) is 0 Å². The van der Waals surface area contributed by atoms with Gasteiger partial charge in [-0.15, -0.1) is 0 Å². The molecular weight excluding hydrogens is 220 g/mol. The van der Waals surface area contributed by atoms with Crippen LogP contribution < -0.4 is 10.6 Å². The van der Waals surface area contributed by atoms with Crippen LogP contribution in [0.3, 0.4) is 0 Å². The molecule has 1 unspecified atom stereocenters. The molecule has 0 saturated carbocycles. The van der Waals surface area contributed by atoms with Crippen molar-refractivity contribution < 1.29 is 0 Å². The van der Waals surface area contributed by atoms with Crippen molar-refractivity contribution in [2.24, 2.45) is 11.7 Å². The Morgan fingerprint density at radius 2 is 2.00 bits per heavy atom. The molecule has 1 aromatic rings. The van der Waals surface area contributed by atoms with E-state index in [4.69, 9.17) is 5.73 Å². The maximum Gasteiger partial charge on any atom is 0.0366 e. The summed E-state index contributed by atoms with van der Waals surface area (Å²) in [6.45, 7) is 6.86. The summed E-state index contributed by atoms with van der Waals surface area (Å²) in [5.41, 5.74) is 8.67. The lowest BCUT2D eigenvalue weighted by atomic mass is 9.95. The van der Waals surface area contributed by atoms with Gasteiger partial charge in [-0.25, -0.2) is 0 Å². The molecule has 0 amide bonds. The highest BCUT2D eigenvalue weighted by atomic mass is 15.1. The van der Waals surface area contributed by atoms with Crippen molar-refractivity contribution in [3.8, 4) is 0 Å². The molecule has 1 aliphatic rings. The van der Waals surface area contributed by atoms with Crippen molar-refractivity contribution in [3.05, 3.63) is 29.8 Å². The molecule has 1 heterocycles. The van der Waals surface area contributed by atoms with Crippen LogP contribution in [0.4, 0.5) is 5.69 Å². The molecule has 0 aliphatic carbocycles. The van der Waals surface area contributed by atoms with E-state index in [2.05, 4.69) is 43.0 Å². The molecular formula is C16H26N2. The number of rotatable bonds is 4. The van der Waals surface area contributed by atoms with Gasteiger partial charge in [-0.05, 0) is 42.9 Å². The highest BCUT2D eigenvalue weighted by molar-refractivity contribution is 5.48. The van der Waals surface area contributed by atoms with Gasteiger partial charge in [-0.1, -0.05) is 32.4 Å². The minimum Gasteiger partial charge on any atom is -0.371 e. The van der Waals surface area contributed by atoms with E-state index in [1.165, 1.54) is 43.6 Å². The Kier molecular flexibility index (Phi) is 4.65. The molecule has 100 valence electrons. The molecule has 2 heteroatoms. The van der Waals surface area contributed by atoms with E-state index in [-0.39, 0.29) is 6.04 Å². The zero-order valence-electron chi connectivity index (χ0n) is 11.7. The fourth-order valence-electron chi connectivity index (χ4n) is 2.80. The van der Waals surface area contributed by atoms with E-state index in [9.17, 15) is 0 Å². The second-order valence-electron chi connectivity index (χ2n) is 5.47. The molecule has 2 N–H and O–H groups in total. The summed E-state index contributed by atoms with van der Waals surface area (Å²) in [6.07, 6.45) is 5.02. The zero-order chi connectivity index (χ0) is 13.0. The number of benzene rings is 1. The Labute approximate surface area is 111 Å². The third-order valence-electron chi connectivity index (χ3n) is 4.22. The Balaban J connectivity index is 2.04. The Morgan fingerprint density at radius 1 is 1.28 bits per heavy atom. The summed E-state index contributed by atoms with van der Waals surface area (Å²) < 4.78 is 0. The molecule has 0 bridgehead atoms. The van der Waals surface area contributed by atoms with E-state index in [1.54, 1.807) is 0 Å². The van der Waals surface area contributed by atoms with E-state index in [0.717, 1.165) is 12.3 Å². The Hall–Kier alpha value is -1.02. The van der Waals surface area contributed by atoms with Crippen LogP contribution in [0.15, 0.2) is 24.3 Å². The second-order valence-corrected chi connectivity index (χ2v) is 5.47. The number of piperidine rings is 1. The maximum absolute atomic E-state index is 6.05. The van der Waals surface area contributed by atoms with Gasteiger partial charge < -0.3 is 10.6 Å². The minimum absolute atomic E-state index is 0.184. The van der Waals surface area contributed by atoms with Crippen molar-refractivity contribution in [2.45, 2.75) is 45.6 Å². The number of nitrogens with zero attached hydrogens (tertiary/aromatic N) is 1. The number of nitrogens with two attached hydrogens (primary N) is 1. The molecule has 2 atom stereocenters. The van der Waals surface area contributed by atoms with Crippen molar-refractivity contribution in [2.75, 3.05) is 18.0 Å². The van der Waals surface area contributed by atoms with Gasteiger partial charge in [0.2, 0.25) is 0 Å². The average molecular weight is 246 g/mol. The predicted molar refractivity (Wildman–Crippen MR) is 78.9 cm³/mol. The summed E-state index contributed by atoms with van der Waals surface area (Å²) in [6, 6.07) is 9.05. The summed E-state index contributed by atoms with van der Waals surface area (Å²) in [5, 5.41) is 0. The first-order valence-corrected chi connectivity index (χ1v) is 7.35. The molecule has 0 aromatic heterocycles. The first-order valence-electron chi connectivity index (χ1n) is 7.35. The molecule has 0 radical (unpaired) electrons. The highest BCUT2D eigenvalue weighted by Gasteiger charge is 2.18. The van der Waals surface area contributed by atoms with Crippen LogP contribution in [0.2, 0.25) is 0 Å². The average Bonchev–Trinajstić information content (AvgIpc) is 2.46. The largest absolute Gasteiger partial charge is 0.371 e. The van der Waals surface area contributed by atoms with Crippen molar-refractivity contribution in [1.29, 1.82) is 0 Å². The van der Waals surface area contributed by atoms with Crippen molar-refractivity contribution in [3.63, 3.8) is 0 Å². The SMILES string of the molecule is CCC1CCCN(c2ccc([C@@H](N)CC)cc2)C1. The topological polar surface area (TPSA) is 29.3 Å². The normalized spacial score (nSPS) is 21.9. The molecule has 0 spiro atoms. The lowest BCUT2D eigenvalue weighted by Crippen LogP contribution is -2.35. The summed E-state index contributed by atoms with van der Waals surface area (Å²) in [7, 11) is 0. The smallest absolute Gasteiger partial charge is 0.0366 e. The van der Waals surface area contributed by atoms with Gasteiger partial charge in [-0.2, -0.15) is 0 Å². The molecule has 1 fully saturated rings. The zero-order valence-corrected chi connectivity index (χ0v) is 11.7. The first-order chi connectivity index (χ1) is 8.74. The van der Waals surface area contributed by atoms with Gasteiger partial charge >= 0.3 is 0 Å². The molecule has 2 nitrogen and oxygen atoms in total. The monoisotopic (exact) mass is 246 g/mol. The summed E-state index contributed by atoms with van der Waals surface area (Å²) >= 11 is 0. The van der Waals surface area contributed by atoms with E-state index in [1.807, 2.05) is 0 Å². The molecule has 1 aromatic carbocycles. The van der Waals surface area contributed by atoms with Gasteiger partial charge in [0.15, 0.2) is 0 Å². The van der Waals surface area contributed by atoms with E-state index < -0.39 is 0 Å². The van der Waals surface area contributed by atoms with Crippen LogP contribution >= 0.6 is 0 Å². The maximum atomic E-state index is 6.05. The highest BCUT2D eigenvalue weighted by Crippen LogP contribution is 2.26. The van der Waals surface area contributed by atoms with Crippen LogP contribution in [-0.4, -0.2) is 13.1 Å². The Morgan fingerprint density at radius 3 is 2.61 bits per heavy atom. The third-order valence-corrected chi connectivity index (χ3v) is 4.22. The van der Waals surface area contributed by atoms with Gasteiger partial charge in [0.1, 0.15) is 0 Å². The first kappa shape index (κ1) is 13.4.